The fourth-order valence-corrected chi connectivity index (χ4v) is 1.30. The first kappa shape index (κ1) is 10.6. The van der Waals surface area contributed by atoms with E-state index in [9.17, 15) is 8.33 Å². The molecule has 1 aromatic rings. The molecule has 0 aromatic heterocycles. The van der Waals surface area contributed by atoms with Gasteiger partial charge in [-0.15, -0.1) is 0 Å². The van der Waals surface area contributed by atoms with E-state index in [1.807, 2.05) is 0 Å². The van der Waals surface area contributed by atoms with Crippen LogP contribution in [0.25, 0.3) is 0 Å². The Morgan fingerprint density at radius 2 is 1.71 bits per heavy atom. The van der Waals surface area contributed by atoms with Crippen molar-refractivity contribution in [1.29, 1.82) is 0 Å². The third-order valence-corrected chi connectivity index (χ3v) is 2.11. The van der Waals surface area contributed by atoms with Gasteiger partial charge >= 0.3 is 85.8 Å². The summed E-state index contributed by atoms with van der Waals surface area (Å²) in [4.78, 5) is 11.0. The van der Waals surface area contributed by atoms with E-state index in [2.05, 4.69) is 3.53 Å². The molecule has 72 valence electrons. The second-order valence-electron chi connectivity index (χ2n) is 2.36. The first-order valence-electron chi connectivity index (χ1n) is 3.46. The van der Waals surface area contributed by atoms with Crippen molar-refractivity contribution in [3.63, 3.8) is 0 Å². The molecule has 0 radical (unpaired) electrons. The molecule has 0 fully saturated rings. The van der Waals surface area contributed by atoms with Crippen molar-refractivity contribution in [2.24, 2.45) is 0 Å². The van der Waals surface area contributed by atoms with Crippen molar-refractivity contribution in [2.75, 3.05) is 0 Å². The minimum atomic E-state index is -2.27. The predicted octanol–water partition coefficient (Wildman–Crippen LogP) is -0.0751. The Labute approximate surface area is 86.2 Å². The number of hydrogen-bond acceptors (Lipinski definition) is 6. The molecule has 0 unspecified atom stereocenters. The van der Waals surface area contributed by atoms with E-state index in [1.165, 1.54) is 0 Å². The molecule has 0 aliphatic heterocycles. The molecule has 3 N–H and O–H groups in total. The Morgan fingerprint density at radius 1 is 1.21 bits per heavy atom. The molecule has 0 heterocycles. The maximum absolute atomic E-state index is 11.0. The van der Waals surface area contributed by atoms with Gasteiger partial charge in [-0.25, -0.2) is 0 Å². The van der Waals surface area contributed by atoms with E-state index in [0.29, 0.717) is 0 Å². The number of aromatic hydroxyl groups is 3. The van der Waals surface area contributed by atoms with E-state index in [0.717, 1.165) is 12.1 Å². The SMILES string of the molecule is [O]=[Ga][O]C(=O)c1cc(O)c(O)c(O)c1. The van der Waals surface area contributed by atoms with Crippen LogP contribution in [0.3, 0.4) is 0 Å². The molecule has 6 nitrogen and oxygen atoms in total. The number of phenolic OH excluding ortho intramolecular Hbond substituents is 3. The van der Waals surface area contributed by atoms with Gasteiger partial charge in [-0.05, 0) is 0 Å². The van der Waals surface area contributed by atoms with Crippen molar-refractivity contribution in [1.82, 2.24) is 0 Å². The van der Waals surface area contributed by atoms with Crippen molar-refractivity contribution in [3.8, 4) is 17.2 Å². The van der Waals surface area contributed by atoms with Crippen LogP contribution in [0.2, 0.25) is 0 Å². The third kappa shape index (κ3) is 2.06. The summed E-state index contributed by atoms with van der Waals surface area (Å²) in [5.41, 5.74) is -0.175. The average molecular weight is 255 g/mol. The Bertz CT molecular complexity index is 365. The molecule has 0 spiro atoms. The quantitative estimate of drug-likeness (QED) is 0.504. The normalized spacial score (nSPS) is 9.14. The molecule has 0 amide bonds. The first-order chi connectivity index (χ1) is 6.56. The van der Waals surface area contributed by atoms with Crippen LogP contribution in [0.5, 0.6) is 17.2 Å². The number of phenols is 3. The zero-order valence-corrected chi connectivity index (χ0v) is 9.22. The van der Waals surface area contributed by atoms with Crippen LogP contribution in [0.4, 0.5) is 0 Å². The van der Waals surface area contributed by atoms with Crippen LogP contribution in [0, 0.1) is 0 Å². The Morgan fingerprint density at radius 3 is 2.14 bits per heavy atom. The molecule has 7 heteroatoms. The molecule has 0 saturated carbocycles. The molecular weight excluding hydrogens is 250 g/mol. The zero-order valence-electron chi connectivity index (χ0n) is 6.80. The minimum absolute atomic E-state index is 0.175. The summed E-state index contributed by atoms with van der Waals surface area (Å²) in [6.07, 6.45) is 0. The molecule has 1 aromatic carbocycles. The van der Waals surface area contributed by atoms with Gasteiger partial charge in [0.2, 0.25) is 0 Å². The molecule has 14 heavy (non-hydrogen) atoms. The van der Waals surface area contributed by atoms with Gasteiger partial charge in [0.25, 0.3) is 0 Å². The van der Waals surface area contributed by atoms with E-state index >= 15 is 0 Å². The Hall–Kier alpha value is -1.47. The predicted molar refractivity (Wildman–Crippen MR) is 43.3 cm³/mol. The molecule has 0 aliphatic carbocycles. The molecule has 1 rings (SSSR count). The summed E-state index contributed by atoms with van der Waals surface area (Å²) < 4.78 is 14.3. The average Bonchev–Trinajstić information content (AvgIpc) is 2.13. The van der Waals surface area contributed by atoms with Gasteiger partial charge in [-0.2, -0.15) is 0 Å². The summed E-state index contributed by atoms with van der Waals surface area (Å²) in [5.74, 6) is -2.92. The second-order valence-corrected chi connectivity index (χ2v) is 3.26. The van der Waals surface area contributed by atoms with E-state index < -0.39 is 40.9 Å². The van der Waals surface area contributed by atoms with Crippen molar-refractivity contribution >= 4 is 23.7 Å². The van der Waals surface area contributed by atoms with E-state index in [-0.39, 0.29) is 5.56 Å². The van der Waals surface area contributed by atoms with Crippen LogP contribution in [0.15, 0.2) is 12.1 Å². The molecular formula is C7H5GaO6. The standard InChI is InChI=1S/C7H6O5.Ga.O/c8-4-1-3(7(11)12)2-5(9)6(4)10;;/h1-2,8-10H,(H,11,12);;/q;+1;/p-1. The van der Waals surface area contributed by atoms with Crippen molar-refractivity contribution < 1.29 is 27.2 Å². The fourth-order valence-electron chi connectivity index (χ4n) is 0.834. The number of rotatable bonds is 2. The van der Waals surface area contributed by atoms with Crippen LogP contribution >= 0.6 is 0 Å². The molecule has 0 atom stereocenters. The number of carbonyl (C=O) groups is 1. The monoisotopic (exact) mass is 254 g/mol. The summed E-state index contributed by atoms with van der Waals surface area (Å²) in [5, 5.41) is 27.0. The third-order valence-electron chi connectivity index (χ3n) is 1.46. The summed E-state index contributed by atoms with van der Waals surface area (Å²) in [6, 6.07) is 1.81. The molecule has 0 aliphatic rings. The summed E-state index contributed by atoms with van der Waals surface area (Å²) in [7, 11) is 0. The maximum atomic E-state index is 11.0. The van der Waals surface area contributed by atoms with Crippen LogP contribution in [0.1, 0.15) is 10.4 Å². The fraction of sp³-hybridized carbons (Fsp3) is 0. The van der Waals surface area contributed by atoms with Crippen molar-refractivity contribution in [2.45, 2.75) is 0 Å². The topological polar surface area (TPSA) is 104 Å². The first-order valence-corrected chi connectivity index (χ1v) is 5.43. The number of benzene rings is 1. The zero-order chi connectivity index (χ0) is 10.7. The van der Waals surface area contributed by atoms with Gasteiger partial charge in [0.15, 0.2) is 0 Å². The van der Waals surface area contributed by atoms with Crippen LogP contribution in [-0.4, -0.2) is 39.0 Å². The van der Waals surface area contributed by atoms with Gasteiger partial charge < -0.3 is 0 Å². The second kappa shape index (κ2) is 4.16. The van der Waals surface area contributed by atoms with E-state index in [4.69, 9.17) is 15.3 Å². The summed E-state index contributed by atoms with van der Waals surface area (Å²) in [6.45, 7) is 0. The van der Waals surface area contributed by atoms with Crippen LogP contribution < -0.4 is 0 Å². The van der Waals surface area contributed by atoms with Gasteiger partial charge in [0.05, 0.1) is 0 Å². The number of carbonyl (C=O) groups excluding carboxylic acids is 1. The summed E-state index contributed by atoms with van der Waals surface area (Å²) >= 11 is -2.27. The molecule has 0 saturated heterocycles. The van der Waals surface area contributed by atoms with Crippen LogP contribution in [-0.2, 0) is 7.07 Å². The van der Waals surface area contributed by atoms with Gasteiger partial charge in [0, 0.05) is 0 Å². The van der Waals surface area contributed by atoms with Gasteiger partial charge in [-0.1, -0.05) is 0 Å². The van der Waals surface area contributed by atoms with Gasteiger partial charge in [-0.3, -0.25) is 0 Å². The number of hydrogen-bond donors (Lipinski definition) is 3. The molecule has 0 bridgehead atoms. The van der Waals surface area contributed by atoms with E-state index in [1.54, 1.807) is 0 Å². The Kier molecular flexibility index (Phi) is 3.15. The van der Waals surface area contributed by atoms with Crippen molar-refractivity contribution in [3.05, 3.63) is 17.7 Å². The van der Waals surface area contributed by atoms with Gasteiger partial charge in [0.1, 0.15) is 0 Å². The Balaban J connectivity index is 3.12.